The molecule has 0 spiro atoms. The van der Waals surface area contributed by atoms with Crippen molar-refractivity contribution in [1.82, 2.24) is 14.7 Å². The van der Waals surface area contributed by atoms with E-state index in [1.807, 2.05) is 0 Å². The number of aromatic nitrogens is 2. The van der Waals surface area contributed by atoms with E-state index in [9.17, 15) is 18.0 Å². The van der Waals surface area contributed by atoms with Crippen molar-refractivity contribution in [3.05, 3.63) is 18.0 Å². The number of nitrogens with two attached hydrogens (primary N) is 1. The summed E-state index contributed by atoms with van der Waals surface area (Å²) < 4.78 is 37.8. The van der Waals surface area contributed by atoms with E-state index in [4.69, 9.17) is 5.73 Å². The monoisotopic (exact) mass is 264 g/mol. The molecule has 0 aliphatic rings. The fraction of sp³-hybridized carbons (Fsp3) is 0.600. The van der Waals surface area contributed by atoms with Crippen LogP contribution < -0.4 is 5.73 Å². The summed E-state index contributed by atoms with van der Waals surface area (Å²) in [6.45, 7) is 0.720. The van der Waals surface area contributed by atoms with Crippen molar-refractivity contribution in [1.29, 1.82) is 0 Å². The van der Waals surface area contributed by atoms with Gasteiger partial charge in [-0.05, 0) is 19.0 Å². The summed E-state index contributed by atoms with van der Waals surface area (Å²) in [5.41, 5.74) is 4.30. The summed E-state index contributed by atoms with van der Waals surface area (Å²) in [6, 6.07) is 0.840. The highest BCUT2D eigenvalue weighted by Crippen LogP contribution is 2.27. The zero-order chi connectivity index (χ0) is 13.8. The lowest BCUT2D eigenvalue weighted by Crippen LogP contribution is -2.32. The Balaban J connectivity index is 2.57. The van der Waals surface area contributed by atoms with Gasteiger partial charge in [-0.15, -0.1) is 0 Å². The molecule has 0 unspecified atom stereocenters. The van der Waals surface area contributed by atoms with Crippen molar-refractivity contribution in [2.75, 3.05) is 20.1 Å². The number of amides is 1. The predicted octanol–water partition coefficient (Wildman–Crippen LogP) is 0.709. The Hall–Kier alpha value is -1.57. The molecule has 1 aromatic rings. The van der Waals surface area contributed by atoms with Gasteiger partial charge in [0, 0.05) is 19.8 Å². The highest BCUT2D eigenvalue weighted by atomic mass is 19.4. The van der Waals surface area contributed by atoms with Crippen LogP contribution in [0.4, 0.5) is 13.2 Å². The van der Waals surface area contributed by atoms with Crippen molar-refractivity contribution in [2.24, 2.45) is 5.73 Å². The Morgan fingerprint density at radius 3 is 2.72 bits per heavy atom. The van der Waals surface area contributed by atoms with Crippen LogP contribution >= 0.6 is 0 Å². The molecule has 1 aromatic heterocycles. The van der Waals surface area contributed by atoms with E-state index in [-0.39, 0.29) is 12.5 Å². The lowest BCUT2D eigenvalue weighted by Gasteiger charge is -2.16. The maximum atomic E-state index is 12.3. The minimum atomic E-state index is -4.49. The first-order chi connectivity index (χ1) is 8.34. The third-order valence-corrected chi connectivity index (χ3v) is 2.35. The molecule has 1 heterocycles. The molecule has 0 radical (unpaired) electrons. The highest BCUT2D eigenvalue weighted by molar-refractivity contribution is 5.75. The van der Waals surface area contributed by atoms with E-state index in [2.05, 4.69) is 5.10 Å². The molecule has 5 nitrogen and oxygen atoms in total. The molecule has 0 saturated heterocycles. The molecule has 1 rings (SSSR count). The standard InChI is InChI=1S/C10H15F3N4O/c1-16(5-2-4-14)9(18)7-17-6-3-8(15-17)10(11,12)13/h3,6H,2,4-5,7,14H2,1H3. The van der Waals surface area contributed by atoms with Crippen molar-refractivity contribution in [3.63, 3.8) is 0 Å². The van der Waals surface area contributed by atoms with E-state index in [1.165, 1.54) is 4.90 Å². The number of hydrogen-bond acceptors (Lipinski definition) is 3. The van der Waals surface area contributed by atoms with E-state index >= 15 is 0 Å². The Kier molecular flexibility index (Phi) is 4.71. The molecular weight excluding hydrogens is 249 g/mol. The molecule has 1 amide bonds. The Morgan fingerprint density at radius 1 is 1.56 bits per heavy atom. The van der Waals surface area contributed by atoms with Gasteiger partial charge in [-0.25, -0.2) is 0 Å². The number of carbonyl (C=O) groups is 1. The van der Waals surface area contributed by atoms with Crippen LogP contribution in [-0.4, -0.2) is 40.7 Å². The van der Waals surface area contributed by atoms with Crippen LogP contribution in [0.2, 0.25) is 0 Å². The van der Waals surface area contributed by atoms with E-state index in [0.29, 0.717) is 19.5 Å². The molecule has 18 heavy (non-hydrogen) atoms. The summed E-state index contributed by atoms with van der Waals surface area (Å²) in [5.74, 6) is -0.305. The normalized spacial score (nSPS) is 11.6. The molecule has 2 N–H and O–H groups in total. The Morgan fingerprint density at radius 2 is 2.22 bits per heavy atom. The third-order valence-electron chi connectivity index (χ3n) is 2.35. The quantitative estimate of drug-likeness (QED) is 0.851. The van der Waals surface area contributed by atoms with E-state index in [1.54, 1.807) is 7.05 Å². The molecule has 0 bridgehead atoms. The fourth-order valence-corrected chi connectivity index (χ4v) is 1.31. The number of nitrogens with zero attached hydrogens (tertiary/aromatic N) is 3. The van der Waals surface area contributed by atoms with E-state index < -0.39 is 11.9 Å². The first kappa shape index (κ1) is 14.5. The summed E-state index contributed by atoms with van der Waals surface area (Å²) in [4.78, 5) is 13.0. The van der Waals surface area contributed by atoms with Crippen molar-refractivity contribution in [3.8, 4) is 0 Å². The second-order valence-electron chi connectivity index (χ2n) is 3.85. The average molecular weight is 264 g/mol. The molecule has 0 atom stereocenters. The zero-order valence-electron chi connectivity index (χ0n) is 9.94. The van der Waals surface area contributed by atoms with Gasteiger partial charge in [0.1, 0.15) is 6.54 Å². The van der Waals surface area contributed by atoms with Crippen LogP contribution in [0.25, 0.3) is 0 Å². The van der Waals surface area contributed by atoms with Gasteiger partial charge in [-0.2, -0.15) is 18.3 Å². The number of halogens is 3. The second kappa shape index (κ2) is 5.85. The molecular formula is C10H15F3N4O. The molecule has 0 aromatic carbocycles. The summed E-state index contributed by atoms with van der Waals surface area (Å²) in [6.07, 6.45) is -2.70. The minimum absolute atomic E-state index is 0.211. The fourth-order valence-electron chi connectivity index (χ4n) is 1.31. The van der Waals surface area contributed by atoms with E-state index in [0.717, 1.165) is 16.9 Å². The lowest BCUT2D eigenvalue weighted by atomic mass is 10.4. The number of likely N-dealkylation sites (N-methyl/N-ethyl adjacent to an activating group) is 1. The molecule has 0 aliphatic heterocycles. The second-order valence-corrected chi connectivity index (χ2v) is 3.85. The predicted molar refractivity (Wildman–Crippen MR) is 58.5 cm³/mol. The maximum Gasteiger partial charge on any atom is 0.435 e. The maximum absolute atomic E-state index is 12.3. The number of rotatable bonds is 5. The summed E-state index contributed by atoms with van der Waals surface area (Å²) >= 11 is 0. The largest absolute Gasteiger partial charge is 0.435 e. The van der Waals surface area contributed by atoms with Gasteiger partial charge in [0.25, 0.3) is 0 Å². The lowest BCUT2D eigenvalue weighted by molar-refractivity contribution is -0.142. The third kappa shape index (κ3) is 4.02. The topological polar surface area (TPSA) is 64.2 Å². The van der Waals surface area contributed by atoms with Crippen LogP contribution in [0.1, 0.15) is 12.1 Å². The van der Waals surface area contributed by atoms with Gasteiger partial charge >= 0.3 is 6.18 Å². The summed E-state index contributed by atoms with van der Waals surface area (Å²) in [5, 5.41) is 3.30. The molecule has 8 heteroatoms. The SMILES string of the molecule is CN(CCCN)C(=O)Cn1ccc(C(F)(F)F)n1. The van der Waals surface area contributed by atoms with Crippen LogP contribution in [0.15, 0.2) is 12.3 Å². The molecule has 0 aliphatic carbocycles. The van der Waals surface area contributed by atoms with Gasteiger partial charge in [0.05, 0.1) is 0 Å². The van der Waals surface area contributed by atoms with Gasteiger partial charge in [-0.3, -0.25) is 9.48 Å². The van der Waals surface area contributed by atoms with Crippen LogP contribution in [0.3, 0.4) is 0 Å². The minimum Gasteiger partial charge on any atom is -0.344 e. The molecule has 0 saturated carbocycles. The first-order valence-electron chi connectivity index (χ1n) is 5.39. The Labute approximate surface area is 102 Å². The van der Waals surface area contributed by atoms with Gasteiger partial charge < -0.3 is 10.6 Å². The first-order valence-corrected chi connectivity index (χ1v) is 5.39. The van der Waals surface area contributed by atoms with Crippen LogP contribution in [0.5, 0.6) is 0 Å². The van der Waals surface area contributed by atoms with Crippen molar-refractivity contribution < 1.29 is 18.0 Å². The van der Waals surface area contributed by atoms with Crippen molar-refractivity contribution >= 4 is 5.91 Å². The highest BCUT2D eigenvalue weighted by Gasteiger charge is 2.33. The Bertz CT molecular complexity index is 402. The van der Waals surface area contributed by atoms with Gasteiger partial charge in [0.15, 0.2) is 5.69 Å². The smallest absolute Gasteiger partial charge is 0.344 e. The van der Waals surface area contributed by atoms with Gasteiger partial charge in [0.2, 0.25) is 5.91 Å². The number of carbonyl (C=O) groups excluding carboxylic acids is 1. The van der Waals surface area contributed by atoms with Crippen LogP contribution in [-0.2, 0) is 17.5 Å². The zero-order valence-corrected chi connectivity index (χ0v) is 9.94. The molecule has 102 valence electrons. The van der Waals surface area contributed by atoms with Crippen LogP contribution in [0, 0.1) is 0 Å². The van der Waals surface area contributed by atoms with Gasteiger partial charge in [-0.1, -0.05) is 0 Å². The van der Waals surface area contributed by atoms with Crippen molar-refractivity contribution in [2.45, 2.75) is 19.1 Å². The molecule has 0 fully saturated rings. The average Bonchev–Trinajstić information content (AvgIpc) is 2.73. The number of alkyl halides is 3. The summed E-state index contributed by atoms with van der Waals surface area (Å²) in [7, 11) is 1.58. The number of hydrogen-bond donors (Lipinski definition) is 1.